The molecule has 0 aliphatic heterocycles. The molecular formula is C14H16FN3O. The van der Waals surface area contributed by atoms with E-state index in [-0.39, 0.29) is 17.6 Å². The van der Waals surface area contributed by atoms with Crippen LogP contribution in [-0.4, -0.2) is 24.1 Å². The molecule has 1 N–H and O–H groups in total. The summed E-state index contributed by atoms with van der Waals surface area (Å²) in [5.41, 5.74) is 1.77. The van der Waals surface area contributed by atoms with Crippen LogP contribution in [0.3, 0.4) is 0 Å². The van der Waals surface area contributed by atoms with Gasteiger partial charge in [-0.05, 0) is 37.2 Å². The van der Waals surface area contributed by atoms with Crippen LogP contribution in [-0.2, 0) is 6.42 Å². The largest absolute Gasteiger partial charge is 0.494 e. The maximum Gasteiger partial charge on any atom is 0.165 e. The third-order valence-corrected chi connectivity index (χ3v) is 2.97. The first-order chi connectivity index (χ1) is 9.24. The molecule has 100 valence electrons. The lowest BCUT2D eigenvalue weighted by atomic mass is 10.0. The van der Waals surface area contributed by atoms with Gasteiger partial charge in [0.2, 0.25) is 0 Å². The number of rotatable bonds is 5. The second kappa shape index (κ2) is 6.24. The summed E-state index contributed by atoms with van der Waals surface area (Å²) in [6.07, 6.45) is 3.85. The van der Waals surface area contributed by atoms with Crippen molar-refractivity contribution < 1.29 is 9.13 Å². The van der Waals surface area contributed by atoms with E-state index >= 15 is 0 Å². The second-order valence-electron chi connectivity index (χ2n) is 4.15. The molecule has 2 rings (SSSR count). The SMILES string of the molecule is CNC(Cc1ccc(OC)c(F)c1)c1ccncn1. The standard InChI is InChI=1S/C14H16FN3O/c1-16-13(12-5-6-17-9-18-12)8-10-3-4-14(19-2)11(15)7-10/h3-7,9,13,16H,8H2,1-2H3. The fourth-order valence-electron chi connectivity index (χ4n) is 1.93. The zero-order valence-electron chi connectivity index (χ0n) is 10.9. The summed E-state index contributed by atoms with van der Waals surface area (Å²) >= 11 is 0. The Kier molecular flexibility index (Phi) is 4.41. The number of hydrogen-bond acceptors (Lipinski definition) is 4. The van der Waals surface area contributed by atoms with Crippen LogP contribution in [0.4, 0.5) is 4.39 Å². The fraction of sp³-hybridized carbons (Fsp3) is 0.286. The molecule has 0 saturated heterocycles. The fourth-order valence-corrected chi connectivity index (χ4v) is 1.93. The summed E-state index contributed by atoms with van der Waals surface area (Å²) < 4.78 is 18.5. The van der Waals surface area contributed by atoms with E-state index < -0.39 is 0 Å². The lowest BCUT2D eigenvalue weighted by molar-refractivity contribution is 0.386. The maximum atomic E-state index is 13.6. The van der Waals surface area contributed by atoms with Crippen LogP contribution < -0.4 is 10.1 Å². The Labute approximate surface area is 111 Å². The van der Waals surface area contributed by atoms with E-state index in [1.54, 1.807) is 12.3 Å². The average molecular weight is 261 g/mol. The van der Waals surface area contributed by atoms with Crippen molar-refractivity contribution in [3.05, 3.63) is 53.9 Å². The minimum Gasteiger partial charge on any atom is -0.494 e. The lowest BCUT2D eigenvalue weighted by Gasteiger charge is -2.15. The van der Waals surface area contributed by atoms with Gasteiger partial charge in [0.15, 0.2) is 11.6 Å². The summed E-state index contributed by atoms with van der Waals surface area (Å²) in [4.78, 5) is 8.10. The Balaban J connectivity index is 2.17. The predicted octanol–water partition coefficient (Wildman–Crippen LogP) is 2.13. The van der Waals surface area contributed by atoms with Gasteiger partial charge in [-0.1, -0.05) is 6.07 Å². The summed E-state index contributed by atoms with van der Waals surface area (Å²) in [7, 11) is 3.31. The van der Waals surface area contributed by atoms with Gasteiger partial charge in [-0.3, -0.25) is 0 Å². The zero-order valence-corrected chi connectivity index (χ0v) is 10.9. The van der Waals surface area contributed by atoms with Crippen molar-refractivity contribution in [3.8, 4) is 5.75 Å². The summed E-state index contributed by atoms with van der Waals surface area (Å²) in [5, 5.41) is 3.17. The molecule has 1 aromatic heterocycles. The molecule has 5 heteroatoms. The molecule has 0 aliphatic carbocycles. The van der Waals surface area contributed by atoms with Gasteiger partial charge < -0.3 is 10.1 Å². The smallest absolute Gasteiger partial charge is 0.165 e. The van der Waals surface area contributed by atoms with Gasteiger partial charge in [0.1, 0.15) is 6.33 Å². The number of ether oxygens (including phenoxy) is 1. The van der Waals surface area contributed by atoms with Crippen LogP contribution in [0.5, 0.6) is 5.75 Å². The number of benzene rings is 1. The van der Waals surface area contributed by atoms with Crippen molar-refractivity contribution in [2.24, 2.45) is 0 Å². The number of methoxy groups -OCH3 is 1. The molecule has 19 heavy (non-hydrogen) atoms. The zero-order chi connectivity index (χ0) is 13.7. The third kappa shape index (κ3) is 3.26. The van der Waals surface area contributed by atoms with Crippen LogP contribution in [0.15, 0.2) is 36.8 Å². The van der Waals surface area contributed by atoms with E-state index in [1.165, 1.54) is 19.5 Å². The molecule has 1 unspecified atom stereocenters. The summed E-state index contributed by atoms with van der Waals surface area (Å²) in [5.74, 6) is -0.0932. The first-order valence-electron chi connectivity index (χ1n) is 6.00. The molecule has 4 nitrogen and oxygen atoms in total. The van der Waals surface area contributed by atoms with Gasteiger partial charge in [0, 0.05) is 6.20 Å². The molecule has 0 amide bonds. The van der Waals surface area contributed by atoms with E-state index in [0.29, 0.717) is 6.42 Å². The van der Waals surface area contributed by atoms with Crippen molar-refractivity contribution in [1.29, 1.82) is 0 Å². The Morgan fingerprint density at radius 3 is 2.79 bits per heavy atom. The van der Waals surface area contributed by atoms with Gasteiger partial charge >= 0.3 is 0 Å². The number of aromatic nitrogens is 2. The molecule has 2 aromatic rings. The Morgan fingerprint density at radius 2 is 2.21 bits per heavy atom. The monoisotopic (exact) mass is 261 g/mol. The third-order valence-electron chi connectivity index (χ3n) is 2.97. The molecule has 1 aromatic carbocycles. The highest BCUT2D eigenvalue weighted by molar-refractivity contribution is 5.30. The van der Waals surface area contributed by atoms with Gasteiger partial charge in [0.05, 0.1) is 18.8 Å². The molecule has 0 fully saturated rings. The Morgan fingerprint density at radius 1 is 1.37 bits per heavy atom. The van der Waals surface area contributed by atoms with E-state index in [2.05, 4.69) is 15.3 Å². The molecule has 0 aliphatic rings. The number of hydrogen-bond donors (Lipinski definition) is 1. The van der Waals surface area contributed by atoms with Crippen LogP contribution in [0, 0.1) is 5.82 Å². The molecule has 1 heterocycles. The molecule has 1 atom stereocenters. The number of nitrogens with one attached hydrogen (secondary N) is 1. The molecule has 0 bridgehead atoms. The summed E-state index contributed by atoms with van der Waals surface area (Å²) in [6.45, 7) is 0. The quantitative estimate of drug-likeness (QED) is 0.895. The highest BCUT2D eigenvalue weighted by Crippen LogP contribution is 2.21. The highest BCUT2D eigenvalue weighted by Gasteiger charge is 2.12. The molecule has 0 radical (unpaired) electrons. The normalized spacial score (nSPS) is 12.2. The topological polar surface area (TPSA) is 47.0 Å². The van der Waals surface area contributed by atoms with Crippen LogP contribution in [0.1, 0.15) is 17.3 Å². The van der Waals surface area contributed by atoms with Crippen molar-refractivity contribution in [2.75, 3.05) is 14.2 Å². The van der Waals surface area contributed by atoms with Crippen molar-refractivity contribution in [2.45, 2.75) is 12.5 Å². The van der Waals surface area contributed by atoms with Gasteiger partial charge in [-0.2, -0.15) is 0 Å². The number of halogens is 1. The van der Waals surface area contributed by atoms with E-state index in [9.17, 15) is 4.39 Å². The van der Waals surface area contributed by atoms with Gasteiger partial charge in [0.25, 0.3) is 0 Å². The van der Waals surface area contributed by atoms with Crippen molar-refractivity contribution in [1.82, 2.24) is 15.3 Å². The Hall–Kier alpha value is -2.01. The van der Waals surface area contributed by atoms with Crippen molar-refractivity contribution >= 4 is 0 Å². The van der Waals surface area contributed by atoms with Gasteiger partial charge in [-0.15, -0.1) is 0 Å². The van der Waals surface area contributed by atoms with Crippen molar-refractivity contribution in [3.63, 3.8) is 0 Å². The van der Waals surface area contributed by atoms with E-state index in [1.807, 2.05) is 19.2 Å². The highest BCUT2D eigenvalue weighted by atomic mass is 19.1. The predicted molar refractivity (Wildman–Crippen MR) is 70.5 cm³/mol. The van der Waals surface area contributed by atoms with E-state index in [4.69, 9.17) is 4.74 Å². The van der Waals surface area contributed by atoms with E-state index in [0.717, 1.165) is 11.3 Å². The first kappa shape index (κ1) is 13.4. The minimum absolute atomic E-state index is 0.0239. The lowest BCUT2D eigenvalue weighted by Crippen LogP contribution is -2.20. The Bertz CT molecular complexity index is 533. The maximum absolute atomic E-state index is 13.6. The molecular weight excluding hydrogens is 245 g/mol. The molecule has 0 spiro atoms. The van der Waals surface area contributed by atoms with Crippen LogP contribution in [0.2, 0.25) is 0 Å². The average Bonchev–Trinajstić information content (AvgIpc) is 2.46. The second-order valence-corrected chi connectivity index (χ2v) is 4.15. The molecule has 0 saturated carbocycles. The number of likely N-dealkylation sites (N-methyl/N-ethyl adjacent to an activating group) is 1. The number of nitrogens with zero attached hydrogens (tertiary/aromatic N) is 2. The van der Waals surface area contributed by atoms with Crippen LogP contribution >= 0.6 is 0 Å². The van der Waals surface area contributed by atoms with Crippen LogP contribution in [0.25, 0.3) is 0 Å². The first-order valence-corrected chi connectivity index (χ1v) is 6.00. The minimum atomic E-state index is -0.349. The summed E-state index contributed by atoms with van der Waals surface area (Å²) in [6, 6.07) is 6.85. The van der Waals surface area contributed by atoms with Gasteiger partial charge in [-0.25, -0.2) is 14.4 Å².